The molecule has 1 saturated heterocycles. The molecule has 140 valence electrons. The van der Waals surface area contributed by atoms with E-state index in [9.17, 15) is 4.79 Å². The summed E-state index contributed by atoms with van der Waals surface area (Å²) >= 11 is 3.59. The quantitative estimate of drug-likeness (QED) is 0.801. The summed E-state index contributed by atoms with van der Waals surface area (Å²) in [6.07, 6.45) is 4.26. The van der Waals surface area contributed by atoms with Gasteiger partial charge in [-0.25, -0.2) is 0 Å². The molecule has 2 aromatic carbocycles. The molecule has 2 aliphatic rings. The van der Waals surface area contributed by atoms with Crippen molar-refractivity contribution in [1.82, 2.24) is 5.32 Å². The van der Waals surface area contributed by atoms with Crippen LogP contribution in [0.4, 0.5) is 11.4 Å². The first kappa shape index (κ1) is 18.1. The molecule has 0 radical (unpaired) electrons. The van der Waals surface area contributed by atoms with E-state index in [-0.39, 0.29) is 11.3 Å². The summed E-state index contributed by atoms with van der Waals surface area (Å²) in [6, 6.07) is 14.7. The Labute approximate surface area is 169 Å². The topological polar surface area (TPSA) is 35.6 Å². The lowest BCUT2D eigenvalue weighted by atomic mass is 9.75. The normalized spacial score (nSPS) is 22.7. The summed E-state index contributed by atoms with van der Waals surface area (Å²) in [5, 5.41) is 3.26. The fourth-order valence-electron chi connectivity index (χ4n) is 4.25. The zero-order valence-electron chi connectivity index (χ0n) is 16.1. The van der Waals surface area contributed by atoms with Crippen LogP contribution in [0.25, 0.3) is 6.08 Å². The Bertz CT molecular complexity index is 933. The maximum Gasteiger partial charge on any atom is 0.241 e. The number of nitrogens with one attached hydrogen (secondary N) is 1. The lowest BCUT2D eigenvalue weighted by Gasteiger charge is -2.40. The molecule has 2 aliphatic heterocycles. The molecule has 0 aromatic heterocycles. The summed E-state index contributed by atoms with van der Waals surface area (Å²) in [5.74, 6) is 0.0595. The zero-order chi connectivity index (χ0) is 19.4. The molecular formula is C22H24BrN3O. The van der Waals surface area contributed by atoms with Gasteiger partial charge in [-0.05, 0) is 47.5 Å². The first-order valence-electron chi connectivity index (χ1n) is 9.10. The lowest BCUT2D eigenvalue weighted by Crippen LogP contribution is -2.58. The fraction of sp³-hybridized carbons (Fsp3) is 0.318. The predicted molar refractivity (Wildman–Crippen MR) is 115 cm³/mol. The van der Waals surface area contributed by atoms with Crippen LogP contribution in [0, 0.1) is 0 Å². The van der Waals surface area contributed by atoms with Crippen molar-refractivity contribution >= 4 is 39.3 Å². The van der Waals surface area contributed by atoms with Gasteiger partial charge in [-0.1, -0.05) is 48.0 Å². The molecule has 0 aliphatic carbocycles. The van der Waals surface area contributed by atoms with Gasteiger partial charge >= 0.3 is 0 Å². The standard InChI is InChI=1S/C22H24BrN3O/c1-21(2)18-13-16(23)7-10-19(18)26-14-20(27)24-22(21,26)12-11-15-5-8-17(9-6-15)25(3)4/h5-13H,14H2,1-4H3,(H,24,27)/t22-/m1/s1. The van der Waals surface area contributed by atoms with Crippen LogP contribution >= 0.6 is 15.9 Å². The Morgan fingerprint density at radius 3 is 2.52 bits per heavy atom. The van der Waals surface area contributed by atoms with E-state index in [4.69, 9.17) is 0 Å². The van der Waals surface area contributed by atoms with Crippen molar-refractivity contribution in [2.75, 3.05) is 30.4 Å². The lowest BCUT2D eigenvalue weighted by molar-refractivity contribution is -0.118. The molecule has 2 heterocycles. The van der Waals surface area contributed by atoms with Gasteiger partial charge in [0.2, 0.25) is 5.91 Å². The van der Waals surface area contributed by atoms with E-state index < -0.39 is 5.66 Å². The molecule has 0 unspecified atom stereocenters. The average molecular weight is 426 g/mol. The van der Waals surface area contributed by atoms with Crippen LogP contribution in [-0.2, 0) is 10.2 Å². The first-order valence-corrected chi connectivity index (χ1v) is 9.89. The summed E-state index contributed by atoms with van der Waals surface area (Å²) < 4.78 is 1.06. The largest absolute Gasteiger partial charge is 0.378 e. The Kier molecular flexibility index (Phi) is 4.11. The van der Waals surface area contributed by atoms with Crippen molar-refractivity contribution in [1.29, 1.82) is 0 Å². The van der Waals surface area contributed by atoms with Gasteiger partial charge in [0.1, 0.15) is 5.66 Å². The van der Waals surface area contributed by atoms with Gasteiger partial charge in [-0.3, -0.25) is 4.79 Å². The molecule has 1 N–H and O–H groups in total. The molecule has 1 amide bonds. The third-order valence-electron chi connectivity index (χ3n) is 5.86. The van der Waals surface area contributed by atoms with Gasteiger partial charge in [-0.15, -0.1) is 0 Å². The van der Waals surface area contributed by atoms with Gasteiger partial charge in [0.05, 0.1) is 6.54 Å². The van der Waals surface area contributed by atoms with E-state index >= 15 is 0 Å². The minimum atomic E-state index is -0.562. The Balaban J connectivity index is 1.76. The summed E-state index contributed by atoms with van der Waals surface area (Å²) in [5.41, 5.74) is 3.81. The highest BCUT2D eigenvalue weighted by atomic mass is 79.9. The Hall–Kier alpha value is -2.27. The highest BCUT2D eigenvalue weighted by Crippen LogP contribution is 2.53. The predicted octanol–water partition coefficient (Wildman–Crippen LogP) is 4.15. The molecule has 2 aromatic rings. The van der Waals surface area contributed by atoms with Crippen LogP contribution in [-0.4, -0.2) is 32.2 Å². The summed E-state index contributed by atoms with van der Waals surface area (Å²) in [6.45, 7) is 4.77. The van der Waals surface area contributed by atoms with Crippen molar-refractivity contribution in [3.05, 3.63) is 64.1 Å². The van der Waals surface area contributed by atoms with Gasteiger partial charge in [0.25, 0.3) is 0 Å². The molecule has 0 bridgehead atoms. The van der Waals surface area contributed by atoms with Crippen LogP contribution in [0.5, 0.6) is 0 Å². The van der Waals surface area contributed by atoms with Gasteiger partial charge in [0, 0.05) is 35.4 Å². The van der Waals surface area contributed by atoms with Crippen molar-refractivity contribution < 1.29 is 4.79 Å². The van der Waals surface area contributed by atoms with Crippen LogP contribution < -0.4 is 15.1 Å². The van der Waals surface area contributed by atoms with Crippen LogP contribution in [0.15, 0.2) is 53.0 Å². The molecule has 1 fully saturated rings. The van der Waals surface area contributed by atoms with Crippen molar-refractivity contribution in [2.45, 2.75) is 24.9 Å². The van der Waals surface area contributed by atoms with E-state index in [0.717, 1.165) is 15.7 Å². The summed E-state index contributed by atoms with van der Waals surface area (Å²) in [4.78, 5) is 16.6. The second-order valence-electron chi connectivity index (χ2n) is 8.01. The molecular weight excluding hydrogens is 402 g/mol. The van der Waals surface area contributed by atoms with Crippen LogP contribution in [0.3, 0.4) is 0 Å². The zero-order valence-corrected chi connectivity index (χ0v) is 17.7. The monoisotopic (exact) mass is 425 g/mol. The minimum absolute atomic E-state index is 0.0595. The third-order valence-corrected chi connectivity index (χ3v) is 6.35. The van der Waals surface area contributed by atoms with Crippen LogP contribution in [0.2, 0.25) is 0 Å². The molecule has 4 nitrogen and oxygen atoms in total. The average Bonchev–Trinajstić information content (AvgIpc) is 3.05. The number of amides is 1. The van der Waals surface area contributed by atoms with Crippen molar-refractivity contribution in [2.24, 2.45) is 0 Å². The number of anilines is 2. The van der Waals surface area contributed by atoms with Gasteiger partial charge in [-0.2, -0.15) is 0 Å². The van der Waals surface area contributed by atoms with E-state index in [1.165, 1.54) is 11.3 Å². The minimum Gasteiger partial charge on any atom is -0.378 e. The number of hydrogen-bond acceptors (Lipinski definition) is 3. The highest BCUT2D eigenvalue weighted by molar-refractivity contribution is 9.10. The number of nitrogens with zero attached hydrogens (tertiary/aromatic N) is 2. The number of fused-ring (bicyclic) bond motifs is 3. The second kappa shape index (κ2) is 6.13. The maximum absolute atomic E-state index is 12.4. The Morgan fingerprint density at radius 2 is 1.85 bits per heavy atom. The van der Waals surface area contributed by atoms with E-state index in [1.807, 2.05) is 20.2 Å². The smallest absolute Gasteiger partial charge is 0.241 e. The van der Waals surface area contributed by atoms with E-state index in [2.05, 4.69) is 93.4 Å². The highest BCUT2D eigenvalue weighted by Gasteiger charge is 2.59. The molecule has 0 spiro atoms. The van der Waals surface area contributed by atoms with E-state index in [1.54, 1.807) is 0 Å². The van der Waals surface area contributed by atoms with E-state index in [0.29, 0.717) is 6.54 Å². The number of carbonyl (C=O) groups excluding carboxylic acids is 1. The second-order valence-corrected chi connectivity index (χ2v) is 8.92. The number of rotatable bonds is 3. The molecule has 0 saturated carbocycles. The number of carbonyl (C=O) groups is 1. The molecule has 1 atom stereocenters. The van der Waals surface area contributed by atoms with Gasteiger partial charge < -0.3 is 15.1 Å². The number of benzene rings is 2. The molecule has 5 heteroatoms. The van der Waals surface area contributed by atoms with Gasteiger partial charge in [0.15, 0.2) is 0 Å². The number of hydrogen-bond donors (Lipinski definition) is 1. The SMILES string of the molecule is CN(C)c1ccc(C=C[C@@]23NC(=O)CN2c2ccc(Br)cc2C3(C)C)cc1. The Morgan fingerprint density at radius 1 is 1.15 bits per heavy atom. The van der Waals surface area contributed by atoms with Crippen LogP contribution in [0.1, 0.15) is 25.0 Å². The van der Waals surface area contributed by atoms with Crippen molar-refractivity contribution in [3.8, 4) is 0 Å². The first-order chi connectivity index (χ1) is 12.7. The third kappa shape index (κ3) is 2.67. The maximum atomic E-state index is 12.4. The fourth-order valence-corrected chi connectivity index (χ4v) is 4.61. The van der Waals surface area contributed by atoms with Crippen molar-refractivity contribution in [3.63, 3.8) is 0 Å². The summed E-state index contributed by atoms with van der Waals surface area (Å²) in [7, 11) is 4.07. The molecule has 27 heavy (non-hydrogen) atoms. The number of halogens is 1. The molecule has 4 rings (SSSR count).